The molecule has 0 aliphatic rings. The summed E-state index contributed by atoms with van der Waals surface area (Å²) < 4.78 is 1.43. The third-order valence-electron chi connectivity index (χ3n) is 2.37. The second-order valence-electron chi connectivity index (χ2n) is 3.60. The lowest BCUT2D eigenvalue weighted by Gasteiger charge is -2.17. The highest BCUT2D eigenvalue weighted by Crippen LogP contribution is 2.08. The summed E-state index contributed by atoms with van der Waals surface area (Å²) in [7, 11) is 3.96. The van der Waals surface area contributed by atoms with E-state index in [1.54, 1.807) is 0 Å². The van der Waals surface area contributed by atoms with Crippen molar-refractivity contribution in [1.82, 2.24) is 30.6 Å². The highest BCUT2D eigenvalue weighted by atomic mass is 15.6. The number of hydrogen-bond acceptors (Lipinski definition) is 6. The molecule has 0 aliphatic carbocycles. The van der Waals surface area contributed by atoms with Crippen LogP contribution in [0.2, 0.25) is 0 Å². The van der Waals surface area contributed by atoms with Gasteiger partial charge in [-0.1, -0.05) is 0 Å². The molecule has 0 amide bonds. The van der Waals surface area contributed by atoms with Crippen LogP contribution in [0, 0.1) is 0 Å². The van der Waals surface area contributed by atoms with Crippen LogP contribution >= 0.6 is 0 Å². The molecule has 0 fully saturated rings. The molecule has 0 unspecified atom stereocenters. The van der Waals surface area contributed by atoms with Crippen LogP contribution in [-0.4, -0.2) is 52.4 Å². The molecule has 0 saturated heterocycles. The number of tetrazole rings is 1. The van der Waals surface area contributed by atoms with Gasteiger partial charge in [0.2, 0.25) is 0 Å². The summed E-state index contributed by atoms with van der Waals surface area (Å²) in [5, 5.41) is 18.5. The molecule has 0 atom stereocenters. The van der Waals surface area contributed by atoms with E-state index < -0.39 is 0 Å². The largest absolute Gasteiger partial charge is 0.358 e. The number of fused-ring (bicyclic) bond motifs is 1. The molecule has 86 valence electrons. The van der Waals surface area contributed by atoms with Gasteiger partial charge in [-0.05, 0) is 42.6 Å². The lowest BCUT2D eigenvalue weighted by atomic mass is 10.4. The third-order valence-corrected chi connectivity index (χ3v) is 2.37. The Balaban J connectivity index is 2.07. The summed E-state index contributed by atoms with van der Waals surface area (Å²) in [6, 6.07) is 3.78. The maximum absolute atomic E-state index is 4.30. The van der Waals surface area contributed by atoms with Crippen LogP contribution in [0.1, 0.15) is 6.42 Å². The third kappa shape index (κ3) is 2.25. The molecule has 0 bridgehead atoms. The molecule has 2 rings (SSSR count). The smallest absolute Gasteiger partial charge is 0.200 e. The summed E-state index contributed by atoms with van der Waals surface area (Å²) in [4.78, 5) is 2.08. The first-order valence-electron chi connectivity index (χ1n) is 5.22. The van der Waals surface area contributed by atoms with E-state index in [-0.39, 0.29) is 0 Å². The molecular formula is C9H15N7. The molecular weight excluding hydrogens is 206 g/mol. The average Bonchev–Trinajstić information content (AvgIpc) is 2.76. The normalized spacial score (nSPS) is 10.9. The maximum Gasteiger partial charge on any atom is 0.200 e. The minimum Gasteiger partial charge on any atom is -0.358 e. The molecule has 0 saturated carbocycles. The molecule has 0 radical (unpaired) electrons. The van der Waals surface area contributed by atoms with E-state index in [1.807, 2.05) is 26.2 Å². The van der Waals surface area contributed by atoms with Crippen LogP contribution in [0.3, 0.4) is 0 Å². The Morgan fingerprint density at radius 2 is 2.31 bits per heavy atom. The quantitative estimate of drug-likeness (QED) is 0.690. The van der Waals surface area contributed by atoms with Crippen molar-refractivity contribution in [3.8, 4) is 0 Å². The summed E-state index contributed by atoms with van der Waals surface area (Å²) in [5.41, 5.74) is 0.660. The Hall–Kier alpha value is -1.76. The van der Waals surface area contributed by atoms with Crippen LogP contribution < -0.4 is 10.2 Å². The summed E-state index contributed by atoms with van der Waals surface area (Å²) in [6.45, 7) is 1.94. The van der Waals surface area contributed by atoms with Gasteiger partial charge >= 0.3 is 0 Å². The molecule has 7 heteroatoms. The Kier molecular flexibility index (Phi) is 3.25. The molecule has 2 aromatic rings. The van der Waals surface area contributed by atoms with Crippen molar-refractivity contribution >= 4 is 11.5 Å². The van der Waals surface area contributed by atoms with Gasteiger partial charge in [0.1, 0.15) is 0 Å². The number of nitrogens with zero attached hydrogens (tertiary/aromatic N) is 6. The van der Waals surface area contributed by atoms with Crippen molar-refractivity contribution in [3.05, 3.63) is 12.1 Å². The maximum atomic E-state index is 4.30. The van der Waals surface area contributed by atoms with Crippen LogP contribution in [0.5, 0.6) is 0 Å². The van der Waals surface area contributed by atoms with Gasteiger partial charge in [-0.25, -0.2) is 0 Å². The van der Waals surface area contributed by atoms with Gasteiger partial charge in [-0.3, -0.25) is 0 Å². The molecule has 0 spiro atoms. The number of aromatic nitrogens is 5. The monoisotopic (exact) mass is 221 g/mol. The van der Waals surface area contributed by atoms with E-state index in [0.717, 1.165) is 25.3 Å². The van der Waals surface area contributed by atoms with Gasteiger partial charge in [0.15, 0.2) is 11.5 Å². The topological polar surface area (TPSA) is 71.2 Å². The van der Waals surface area contributed by atoms with Crippen molar-refractivity contribution in [3.63, 3.8) is 0 Å². The Bertz CT molecular complexity index is 452. The van der Waals surface area contributed by atoms with Crippen LogP contribution in [0.15, 0.2) is 12.1 Å². The predicted molar refractivity (Wildman–Crippen MR) is 60.4 cm³/mol. The van der Waals surface area contributed by atoms with Gasteiger partial charge in [-0.2, -0.15) is 0 Å². The average molecular weight is 221 g/mol. The summed E-state index contributed by atoms with van der Waals surface area (Å²) in [5.74, 6) is 0.871. The summed E-state index contributed by atoms with van der Waals surface area (Å²) >= 11 is 0. The zero-order chi connectivity index (χ0) is 11.4. The highest BCUT2D eigenvalue weighted by Gasteiger charge is 2.04. The number of anilines is 1. The van der Waals surface area contributed by atoms with Crippen LogP contribution in [-0.2, 0) is 0 Å². The van der Waals surface area contributed by atoms with E-state index in [0.29, 0.717) is 5.65 Å². The second-order valence-corrected chi connectivity index (χ2v) is 3.60. The fraction of sp³-hybridized carbons (Fsp3) is 0.556. The van der Waals surface area contributed by atoms with Gasteiger partial charge < -0.3 is 10.2 Å². The molecule has 0 aromatic carbocycles. The van der Waals surface area contributed by atoms with Gasteiger partial charge in [0.05, 0.1) is 0 Å². The van der Waals surface area contributed by atoms with Gasteiger partial charge in [0, 0.05) is 13.6 Å². The number of rotatable bonds is 5. The number of hydrogen-bond donors (Lipinski definition) is 1. The van der Waals surface area contributed by atoms with Gasteiger partial charge in [-0.15, -0.1) is 14.8 Å². The molecule has 2 heterocycles. The van der Waals surface area contributed by atoms with Crippen molar-refractivity contribution in [2.24, 2.45) is 0 Å². The fourth-order valence-corrected chi connectivity index (χ4v) is 1.45. The molecule has 7 nitrogen and oxygen atoms in total. The zero-order valence-corrected chi connectivity index (χ0v) is 9.46. The van der Waals surface area contributed by atoms with Crippen molar-refractivity contribution < 1.29 is 0 Å². The van der Waals surface area contributed by atoms with Gasteiger partial charge in [0.25, 0.3) is 0 Å². The molecule has 1 N–H and O–H groups in total. The first kappa shape index (κ1) is 10.7. The first-order valence-corrected chi connectivity index (χ1v) is 5.22. The van der Waals surface area contributed by atoms with E-state index in [1.165, 1.54) is 4.63 Å². The Morgan fingerprint density at radius 3 is 3.12 bits per heavy atom. The van der Waals surface area contributed by atoms with E-state index in [9.17, 15) is 0 Å². The SMILES string of the molecule is CNCCCN(C)c1ccc2nnnn2n1. The first-order chi connectivity index (χ1) is 7.81. The Labute approximate surface area is 93.4 Å². The van der Waals surface area contributed by atoms with E-state index in [2.05, 4.69) is 30.8 Å². The lowest BCUT2D eigenvalue weighted by molar-refractivity contribution is 0.688. The predicted octanol–water partition coefficient (Wildman–Crippen LogP) is -0.435. The summed E-state index contributed by atoms with van der Waals surface area (Å²) in [6.07, 6.45) is 1.07. The highest BCUT2D eigenvalue weighted by molar-refractivity contribution is 5.43. The van der Waals surface area contributed by atoms with Crippen molar-refractivity contribution in [2.45, 2.75) is 6.42 Å². The van der Waals surface area contributed by atoms with E-state index in [4.69, 9.17) is 0 Å². The second kappa shape index (κ2) is 4.84. The fourth-order valence-electron chi connectivity index (χ4n) is 1.45. The molecule has 16 heavy (non-hydrogen) atoms. The minimum absolute atomic E-state index is 0.660. The van der Waals surface area contributed by atoms with Crippen LogP contribution in [0.4, 0.5) is 5.82 Å². The molecule has 0 aliphatic heterocycles. The van der Waals surface area contributed by atoms with E-state index >= 15 is 0 Å². The molecule has 2 aromatic heterocycles. The standard InChI is InChI=1S/C9H15N7/c1-10-6-3-7-15(2)9-5-4-8-11-13-14-16(8)12-9/h4-5,10H,3,6-7H2,1-2H3. The van der Waals surface area contributed by atoms with Crippen LogP contribution in [0.25, 0.3) is 5.65 Å². The number of nitrogens with one attached hydrogen (secondary N) is 1. The zero-order valence-electron chi connectivity index (χ0n) is 9.46. The lowest BCUT2D eigenvalue weighted by Crippen LogP contribution is -2.23. The van der Waals surface area contributed by atoms with Crippen molar-refractivity contribution in [2.75, 3.05) is 32.1 Å². The minimum atomic E-state index is 0.660. The Morgan fingerprint density at radius 1 is 1.44 bits per heavy atom. The van der Waals surface area contributed by atoms with Crippen molar-refractivity contribution in [1.29, 1.82) is 0 Å².